The summed E-state index contributed by atoms with van der Waals surface area (Å²) in [5, 5.41) is 0.801. The zero-order chi connectivity index (χ0) is 10.1. The molecule has 0 saturated heterocycles. The van der Waals surface area contributed by atoms with Crippen LogP contribution in [0.25, 0.3) is 10.6 Å². The van der Waals surface area contributed by atoms with Crippen molar-refractivity contribution in [2.24, 2.45) is 0 Å². The van der Waals surface area contributed by atoms with Crippen LogP contribution in [-0.4, -0.2) is 12.1 Å². The van der Waals surface area contributed by atoms with E-state index in [0.29, 0.717) is 5.76 Å². The Bertz CT molecular complexity index is 452. The lowest BCUT2D eigenvalue weighted by molar-refractivity contribution is 0.425. The fraction of sp³-hybridized carbons (Fsp3) is 0.125. The third-order valence-corrected chi connectivity index (χ3v) is 3.57. The SMILES string of the molecule is COc1sc(-c2cnc(N)o2)cc1Br. The second-order valence-corrected chi connectivity index (χ2v) is 4.38. The molecular weight excluding hydrogens is 268 g/mol. The van der Waals surface area contributed by atoms with Crippen LogP contribution >= 0.6 is 27.3 Å². The van der Waals surface area contributed by atoms with Crippen LogP contribution in [0, 0.1) is 0 Å². The van der Waals surface area contributed by atoms with Gasteiger partial charge in [-0.05, 0) is 22.0 Å². The van der Waals surface area contributed by atoms with E-state index in [4.69, 9.17) is 14.9 Å². The zero-order valence-corrected chi connectivity index (χ0v) is 9.68. The molecule has 0 saturated carbocycles. The molecule has 0 aliphatic heterocycles. The lowest BCUT2D eigenvalue weighted by atomic mass is 10.4. The molecule has 2 aromatic heterocycles. The van der Waals surface area contributed by atoms with Gasteiger partial charge in [0.2, 0.25) is 0 Å². The maximum Gasteiger partial charge on any atom is 0.292 e. The molecule has 0 bridgehead atoms. The third kappa shape index (κ3) is 1.62. The summed E-state index contributed by atoms with van der Waals surface area (Å²) < 4.78 is 11.2. The number of thiophene rings is 1. The molecule has 2 aromatic rings. The molecule has 0 aliphatic carbocycles. The number of halogens is 1. The van der Waals surface area contributed by atoms with E-state index in [2.05, 4.69) is 20.9 Å². The summed E-state index contributed by atoms with van der Waals surface area (Å²) in [5.74, 6) is 0.650. The lowest BCUT2D eigenvalue weighted by Gasteiger charge is -1.91. The zero-order valence-electron chi connectivity index (χ0n) is 7.28. The van der Waals surface area contributed by atoms with E-state index in [1.165, 1.54) is 11.3 Å². The highest BCUT2D eigenvalue weighted by molar-refractivity contribution is 9.10. The van der Waals surface area contributed by atoms with Gasteiger partial charge in [-0.2, -0.15) is 0 Å². The van der Waals surface area contributed by atoms with Gasteiger partial charge in [0.25, 0.3) is 6.01 Å². The number of nitrogens with zero attached hydrogens (tertiary/aromatic N) is 1. The van der Waals surface area contributed by atoms with Crippen LogP contribution in [-0.2, 0) is 0 Å². The van der Waals surface area contributed by atoms with Gasteiger partial charge in [0.1, 0.15) is 0 Å². The topological polar surface area (TPSA) is 61.3 Å². The Morgan fingerprint density at radius 1 is 1.64 bits per heavy atom. The number of oxazole rings is 1. The number of rotatable bonds is 2. The van der Waals surface area contributed by atoms with Gasteiger partial charge in [-0.25, -0.2) is 4.98 Å². The predicted molar refractivity (Wildman–Crippen MR) is 58.5 cm³/mol. The minimum Gasteiger partial charge on any atom is -0.486 e. The second-order valence-electron chi connectivity index (χ2n) is 2.51. The van der Waals surface area contributed by atoms with Crippen molar-refractivity contribution in [2.45, 2.75) is 0 Å². The molecule has 2 heterocycles. The number of nitrogen functional groups attached to an aromatic ring is 1. The first-order valence-electron chi connectivity index (χ1n) is 3.75. The Balaban J connectivity index is 2.42. The first-order chi connectivity index (χ1) is 6.70. The monoisotopic (exact) mass is 274 g/mol. The summed E-state index contributed by atoms with van der Waals surface area (Å²) in [6.07, 6.45) is 1.59. The summed E-state index contributed by atoms with van der Waals surface area (Å²) in [6, 6.07) is 2.08. The Morgan fingerprint density at radius 3 is 2.93 bits per heavy atom. The summed E-state index contributed by atoms with van der Waals surface area (Å²) in [4.78, 5) is 4.75. The number of anilines is 1. The number of hydrogen-bond acceptors (Lipinski definition) is 5. The van der Waals surface area contributed by atoms with Gasteiger partial charge in [-0.1, -0.05) is 11.3 Å². The molecule has 0 fully saturated rings. The number of aromatic nitrogens is 1. The maximum absolute atomic E-state index is 5.38. The lowest BCUT2D eigenvalue weighted by Crippen LogP contribution is -1.79. The van der Waals surface area contributed by atoms with E-state index < -0.39 is 0 Å². The van der Waals surface area contributed by atoms with Gasteiger partial charge in [0.15, 0.2) is 10.8 Å². The Morgan fingerprint density at radius 2 is 2.43 bits per heavy atom. The minimum atomic E-state index is 0.170. The molecule has 14 heavy (non-hydrogen) atoms. The van der Waals surface area contributed by atoms with Crippen molar-refractivity contribution in [1.29, 1.82) is 0 Å². The van der Waals surface area contributed by atoms with Crippen molar-refractivity contribution >= 4 is 33.3 Å². The molecule has 0 aliphatic rings. The predicted octanol–water partition coefficient (Wildman–Crippen LogP) is 2.76. The highest BCUT2D eigenvalue weighted by Crippen LogP contribution is 2.40. The summed E-state index contributed by atoms with van der Waals surface area (Å²) >= 11 is 4.84. The highest BCUT2D eigenvalue weighted by Gasteiger charge is 2.11. The molecule has 0 spiro atoms. The normalized spacial score (nSPS) is 10.4. The smallest absolute Gasteiger partial charge is 0.292 e. The maximum atomic E-state index is 5.38. The van der Waals surface area contributed by atoms with E-state index >= 15 is 0 Å². The van der Waals surface area contributed by atoms with E-state index in [1.807, 2.05) is 6.07 Å². The van der Waals surface area contributed by atoms with Crippen LogP contribution in [0.15, 0.2) is 21.2 Å². The fourth-order valence-corrected chi connectivity index (χ4v) is 2.61. The van der Waals surface area contributed by atoms with Crippen LogP contribution in [0.3, 0.4) is 0 Å². The minimum absolute atomic E-state index is 0.170. The standard InChI is InChI=1S/C8H7BrN2O2S/c1-12-7-4(9)2-6(14-7)5-3-11-8(10)13-5/h2-3H,1H3,(H2,10,11). The molecule has 0 aromatic carbocycles. The van der Waals surface area contributed by atoms with Crippen molar-refractivity contribution < 1.29 is 9.15 Å². The third-order valence-electron chi connectivity index (χ3n) is 1.61. The molecule has 0 radical (unpaired) electrons. The van der Waals surface area contributed by atoms with Gasteiger partial charge in [-0.3, -0.25) is 0 Å². The first kappa shape index (κ1) is 9.54. The second kappa shape index (κ2) is 3.62. The van der Waals surface area contributed by atoms with Crippen molar-refractivity contribution in [3.05, 3.63) is 16.7 Å². The fourth-order valence-electron chi connectivity index (χ4n) is 1.01. The molecular formula is C8H7BrN2O2S. The van der Waals surface area contributed by atoms with Crippen LogP contribution in [0.1, 0.15) is 0 Å². The average Bonchev–Trinajstić information content (AvgIpc) is 2.71. The largest absolute Gasteiger partial charge is 0.486 e. The molecule has 2 N–H and O–H groups in total. The molecule has 2 rings (SSSR count). The van der Waals surface area contributed by atoms with Gasteiger partial charge >= 0.3 is 0 Å². The van der Waals surface area contributed by atoms with Crippen LogP contribution in [0.4, 0.5) is 6.01 Å². The number of ether oxygens (including phenoxy) is 1. The summed E-state index contributed by atoms with van der Waals surface area (Å²) in [7, 11) is 1.62. The van der Waals surface area contributed by atoms with Crippen molar-refractivity contribution in [2.75, 3.05) is 12.8 Å². The van der Waals surface area contributed by atoms with Crippen LogP contribution in [0.2, 0.25) is 0 Å². The van der Waals surface area contributed by atoms with Crippen molar-refractivity contribution in [3.63, 3.8) is 0 Å². The first-order valence-corrected chi connectivity index (χ1v) is 5.36. The summed E-state index contributed by atoms with van der Waals surface area (Å²) in [5.41, 5.74) is 5.38. The number of nitrogens with two attached hydrogens (primary N) is 1. The van der Waals surface area contributed by atoms with Crippen molar-refractivity contribution in [3.8, 4) is 15.7 Å². The van der Waals surface area contributed by atoms with Gasteiger partial charge in [0, 0.05) is 0 Å². The van der Waals surface area contributed by atoms with Gasteiger partial charge < -0.3 is 14.9 Å². The van der Waals surface area contributed by atoms with E-state index in [9.17, 15) is 0 Å². The molecule has 0 atom stereocenters. The molecule has 0 unspecified atom stereocenters. The highest BCUT2D eigenvalue weighted by atomic mass is 79.9. The number of methoxy groups -OCH3 is 1. The van der Waals surface area contributed by atoms with Crippen LogP contribution < -0.4 is 10.5 Å². The molecule has 4 nitrogen and oxygen atoms in total. The Kier molecular flexibility index (Phi) is 2.47. The summed E-state index contributed by atoms with van der Waals surface area (Å²) in [6.45, 7) is 0. The number of hydrogen-bond donors (Lipinski definition) is 1. The Hall–Kier alpha value is -1.01. The van der Waals surface area contributed by atoms with Crippen molar-refractivity contribution in [1.82, 2.24) is 4.98 Å². The van der Waals surface area contributed by atoms with E-state index in [0.717, 1.165) is 14.4 Å². The molecule has 6 heteroatoms. The van der Waals surface area contributed by atoms with Gasteiger partial charge in [0.05, 0.1) is 22.7 Å². The molecule has 74 valence electrons. The Labute approximate surface area is 92.8 Å². The quantitative estimate of drug-likeness (QED) is 0.915. The molecule has 0 amide bonds. The van der Waals surface area contributed by atoms with Crippen LogP contribution in [0.5, 0.6) is 5.06 Å². The van der Waals surface area contributed by atoms with Gasteiger partial charge in [-0.15, -0.1) is 0 Å². The van der Waals surface area contributed by atoms with E-state index in [1.54, 1.807) is 13.3 Å². The van der Waals surface area contributed by atoms with E-state index in [-0.39, 0.29) is 6.01 Å². The average molecular weight is 275 g/mol.